The second kappa shape index (κ2) is 9.63. The molecule has 0 unspecified atom stereocenters. The van der Waals surface area contributed by atoms with Crippen LogP contribution in [0, 0.1) is 5.82 Å². The monoisotopic (exact) mass is 525 g/mol. The Morgan fingerprint density at radius 1 is 1.11 bits per heavy atom. The van der Waals surface area contributed by atoms with Crippen LogP contribution in [0.3, 0.4) is 0 Å². The van der Waals surface area contributed by atoms with Crippen LogP contribution in [0.15, 0.2) is 35.3 Å². The van der Waals surface area contributed by atoms with Crippen molar-refractivity contribution in [1.82, 2.24) is 19.7 Å². The molecule has 0 saturated carbocycles. The number of ether oxygens (including phenoxy) is 1. The predicted molar refractivity (Wildman–Crippen MR) is 142 cm³/mol. The molecule has 194 valence electrons. The molecule has 3 aromatic rings. The molecule has 3 aliphatic rings. The van der Waals surface area contributed by atoms with Crippen molar-refractivity contribution in [1.29, 1.82) is 0 Å². The van der Waals surface area contributed by atoms with Crippen LogP contribution >= 0.6 is 11.6 Å². The van der Waals surface area contributed by atoms with Crippen molar-refractivity contribution < 1.29 is 13.9 Å². The van der Waals surface area contributed by atoms with Gasteiger partial charge in [-0.15, -0.1) is 0 Å². The maximum Gasteiger partial charge on any atom is 0.256 e. The molecule has 0 spiro atoms. The number of nitrogens with one attached hydrogen (secondary N) is 1. The summed E-state index contributed by atoms with van der Waals surface area (Å²) in [5.41, 5.74) is 0.848. The first-order valence-corrected chi connectivity index (χ1v) is 13.1. The van der Waals surface area contributed by atoms with Crippen LogP contribution in [-0.4, -0.2) is 79.7 Å². The van der Waals surface area contributed by atoms with Gasteiger partial charge in [0.15, 0.2) is 17.3 Å². The lowest BCUT2D eigenvalue weighted by Crippen LogP contribution is -2.45. The van der Waals surface area contributed by atoms with E-state index in [1.807, 2.05) is 11.9 Å². The average Bonchev–Trinajstić information content (AvgIpc) is 3.39. The number of aromatic nitrogens is 1. The Morgan fingerprint density at radius 2 is 1.86 bits per heavy atom. The largest absolute Gasteiger partial charge is 0.451 e. The lowest BCUT2D eigenvalue weighted by atomic mass is 10.0. The first-order valence-electron chi connectivity index (χ1n) is 12.7. The second-order valence-electron chi connectivity index (χ2n) is 9.98. The fourth-order valence-corrected chi connectivity index (χ4v) is 5.66. The number of hydrogen-bond acceptors (Lipinski definition) is 6. The van der Waals surface area contributed by atoms with Gasteiger partial charge in [-0.3, -0.25) is 9.59 Å². The summed E-state index contributed by atoms with van der Waals surface area (Å²) in [7, 11) is 2.03. The number of likely N-dealkylation sites (tertiary alicyclic amines) is 1. The third kappa shape index (κ3) is 4.35. The number of pyridine rings is 1. The highest BCUT2D eigenvalue weighted by Crippen LogP contribution is 2.47. The Morgan fingerprint density at radius 3 is 2.62 bits per heavy atom. The highest BCUT2D eigenvalue weighted by Gasteiger charge is 2.31. The van der Waals surface area contributed by atoms with Gasteiger partial charge in [0.2, 0.25) is 5.43 Å². The quantitative estimate of drug-likeness (QED) is 0.430. The molecule has 0 bridgehead atoms. The number of rotatable bonds is 5. The lowest BCUT2D eigenvalue weighted by molar-refractivity contribution is 0.0948. The topological polar surface area (TPSA) is 70.1 Å². The molecule has 37 heavy (non-hydrogen) atoms. The second-order valence-corrected chi connectivity index (χ2v) is 10.4. The summed E-state index contributed by atoms with van der Waals surface area (Å²) in [6, 6.07) is 6.41. The average molecular weight is 526 g/mol. The SMILES string of the molecule is CN1CCN(c2c(F)cc3c(=O)c(C(=O)NCCN4CCCC4)cn4c3c2Oc2cc(Cl)ccc2-4)CC1. The maximum absolute atomic E-state index is 15.7. The predicted octanol–water partition coefficient (Wildman–Crippen LogP) is 3.47. The van der Waals surface area contributed by atoms with Gasteiger partial charge in [-0.1, -0.05) is 11.6 Å². The first-order chi connectivity index (χ1) is 17.9. The van der Waals surface area contributed by atoms with E-state index < -0.39 is 17.2 Å². The number of carbonyl (C=O) groups is 1. The Kier molecular flexibility index (Phi) is 6.30. The van der Waals surface area contributed by atoms with E-state index in [0.29, 0.717) is 47.3 Å². The normalized spacial score (nSPS) is 17.6. The van der Waals surface area contributed by atoms with E-state index in [1.54, 1.807) is 29.0 Å². The standard InChI is InChI=1S/C27H29ClFN5O3/c1-31-10-12-33(13-11-31)24-20(29)15-18-23-26(24)37-22-14-17(28)4-5-21(22)34(23)16-19(25(18)35)27(36)30-6-9-32-7-2-3-8-32/h4-5,14-16H,2-3,6-13H2,1H3,(H,30,36). The highest BCUT2D eigenvalue weighted by molar-refractivity contribution is 6.30. The molecule has 1 aromatic heterocycles. The van der Waals surface area contributed by atoms with Gasteiger partial charge in [0.1, 0.15) is 16.8 Å². The van der Waals surface area contributed by atoms with Gasteiger partial charge in [0.05, 0.1) is 11.1 Å². The van der Waals surface area contributed by atoms with Crippen molar-refractivity contribution in [2.45, 2.75) is 12.8 Å². The smallest absolute Gasteiger partial charge is 0.256 e. The number of carbonyl (C=O) groups excluding carboxylic acids is 1. The molecule has 2 saturated heterocycles. The minimum absolute atomic E-state index is 0.0329. The Bertz CT molecular complexity index is 1440. The van der Waals surface area contributed by atoms with E-state index in [9.17, 15) is 9.59 Å². The van der Waals surface area contributed by atoms with Crippen LogP contribution < -0.4 is 20.4 Å². The van der Waals surface area contributed by atoms with E-state index >= 15 is 4.39 Å². The number of amides is 1. The van der Waals surface area contributed by atoms with Gasteiger partial charge in [-0.2, -0.15) is 0 Å². The number of fused-ring (bicyclic) bond motifs is 2. The summed E-state index contributed by atoms with van der Waals surface area (Å²) in [5.74, 6) is -0.312. The molecule has 1 amide bonds. The Hall–Kier alpha value is -3.14. The van der Waals surface area contributed by atoms with Crippen LogP contribution in [0.5, 0.6) is 11.5 Å². The molecule has 6 rings (SSSR count). The van der Waals surface area contributed by atoms with Gasteiger partial charge >= 0.3 is 0 Å². The molecular formula is C27H29ClFN5O3. The van der Waals surface area contributed by atoms with Gasteiger partial charge in [-0.05, 0) is 51.2 Å². The van der Waals surface area contributed by atoms with E-state index in [4.69, 9.17) is 16.3 Å². The number of benzene rings is 2. The number of likely N-dealkylation sites (N-methyl/N-ethyl adjacent to an activating group) is 1. The van der Waals surface area contributed by atoms with Crippen molar-refractivity contribution in [2.75, 3.05) is 64.3 Å². The molecule has 0 radical (unpaired) electrons. The van der Waals surface area contributed by atoms with Crippen LogP contribution in [0.25, 0.3) is 16.6 Å². The Balaban J connectivity index is 1.46. The van der Waals surface area contributed by atoms with Crippen LogP contribution in [0.2, 0.25) is 5.02 Å². The van der Waals surface area contributed by atoms with E-state index in [-0.39, 0.29) is 16.7 Å². The molecule has 10 heteroatoms. The van der Waals surface area contributed by atoms with Gasteiger partial charge in [0.25, 0.3) is 5.91 Å². The maximum atomic E-state index is 15.7. The zero-order valence-corrected chi connectivity index (χ0v) is 21.5. The third-order valence-corrected chi connectivity index (χ3v) is 7.78. The molecule has 2 aromatic carbocycles. The fourth-order valence-electron chi connectivity index (χ4n) is 5.50. The first kappa shape index (κ1) is 24.2. The van der Waals surface area contributed by atoms with Gasteiger partial charge < -0.3 is 29.3 Å². The summed E-state index contributed by atoms with van der Waals surface area (Å²) in [6.07, 6.45) is 3.87. The van der Waals surface area contributed by atoms with Crippen molar-refractivity contribution in [3.8, 4) is 17.2 Å². The molecule has 0 atom stereocenters. The van der Waals surface area contributed by atoms with Gasteiger partial charge in [0, 0.05) is 56.6 Å². The zero-order valence-electron chi connectivity index (χ0n) is 20.7. The fraction of sp³-hybridized carbons (Fsp3) is 0.407. The number of anilines is 1. The van der Waals surface area contributed by atoms with Crippen molar-refractivity contribution in [3.63, 3.8) is 0 Å². The number of hydrogen-bond donors (Lipinski definition) is 1. The van der Waals surface area contributed by atoms with Crippen LogP contribution in [0.1, 0.15) is 23.2 Å². The highest BCUT2D eigenvalue weighted by atomic mass is 35.5. The molecule has 3 aliphatic heterocycles. The summed E-state index contributed by atoms with van der Waals surface area (Å²) < 4.78 is 23.7. The van der Waals surface area contributed by atoms with Crippen molar-refractivity contribution >= 4 is 34.1 Å². The van der Waals surface area contributed by atoms with Gasteiger partial charge in [-0.25, -0.2) is 4.39 Å². The minimum atomic E-state index is -0.548. The van der Waals surface area contributed by atoms with E-state index in [2.05, 4.69) is 15.1 Å². The van der Waals surface area contributed by atoms with Crippen LogP contribution in [0.4, 0.5) is 10.1 Å². The number of piperazine rings is 1. The summed E-state index contributed by atoms with van der Waals surface area (Å²) in [5, 5.41) is 3.46. The molecule has 4 heterocycles. The zero-order chi connectivity index (χ0) is 25.7. The summed E-state index contributed by atoms with van der Waals surface area (Å²) >= 11 is 6.26. The molecule has 2 fully saturated rings. The number of nitrogens with zero attached hydrogens (tertiary/aromatic N) is 4. The minimum Gasteiger partial charge on any atom is -0.451 e. The third-order valence-electron chi connectivity index (χ3n) is 7.54. The number of halogens is 2. The van der Waals surface area contributed by atoms with Crippen molar-refractivity contribution in [3.05, 3.63) is 57.1 Å². The molecule has 0 aliphatic carbocycles. The van der Waals surface area contributed by atoms with E-state index in [0.717, 1.165) is 32.7 Å². The Labute approximate surface area is 219 Å². The van der Waals surface area contributed by atoms with Crippen molar-refractivity contribution in [2.24, 2.45) is 0 Å². The summed E-state index contributed by atoms with van der Waals surface area (Å²) in [4.78, 5) is 33.1. The van der Waals surface area contributed by atoms with E-state index in [1.165, 1.54) is 18.9 Å². The lowest BCUT2D eigenvalue weighted by Gasteiger charge is -2.36. The molecular weight excluding hydrogens is 497 g/mol. The summed E-state index contributed by atoms with van der Waals surface area (Å²) in [6.45, 7) is 6.03. The molecule has 8 nitrogen and oxygen atoms in total. The molecule has 1 N–H and O–H groups in total. The van der Waals surface area contributed by atoms with Crippen LogP contribution in [-0.2, 0) is 0 Å².